The molecule has 1 aromatic rings. The Morgan fingerprint density at radius 1 is 1.07 bits per heavy atom. The molecule has 160 valence electrons. The van der Waals surface area contributed by atoms with Gasteiger partial charge in [0.2, 0.25) is 5.43 Å². The highest BCUT2D eigenvalue weighted by Gasteiger charge is 2.62. The SMILES string of the molecule is CNC(=O)c1cn(C2CCCCC2)cc(C(=O)NC[C@H]2C[C@H]3C=C[C@H]2C32CC2)c1=O. The van der Waals surface area contributed by atoms with Crippen molar-refractivity contribution in [2.75, 3.05) is 13.6 Å². The van der Waals surface area contributed by atoms with Crippen molar-refractivity contribution in [3.63, 3.8) is 0 Å². The van der Waals surface area contributed by atoms with Crippen LogP contribution in [0.3, 0.4) is 0 Å². The highest BCUT2D eigenvalue weighted by molar-refractivity contribution is 5.99. The van der Waals surface area contributed by atoms with Crippen molar-refractivity contribution in [1.29, 1.82) is 0 Å². The van der Waals surface area contributed by atoms with E-state index in [1.54, 1.807) is 12.4 Å². The van der Waals surface area contributed by atoms with Gasteiger partial charge in [0.25, 0.3) is 11.8 Å². The number of hydrogen-bond acceptors (Lipinski definition) is 3. The summed E-state index contributed by atoms with van der Waals surface area (Å²) in [5.41, 5.74) is 0.143. The number of carbonyl (C=O) groups excluding carboxylic acids is 2. The van der Waals surface area contributed by atoms with Gasteiger partial charge in [-0.25, -0.2) is 0 Å². The smallest absolute Gasteiger partial charge is 0.256 e. The number of nitrogens with zero attached hydrogens (tertiary/aromatic N) is 1. The Kier molecular flexibility index (Phi) is 4.83. The highest BCUT2D eigenvalue weighted by Crippen LogP contribution is 2.69. The van der Waals surface area contributed by atoms with Crippen LogP contribution in [0.2, 0.25) is 0 Å². The van der Waals surface area contributed by atoms with Gasteiger partial charge in [-0.15, -0.1) is 0 Å². The number of aromatic nitrogens is 1. The molecular formula is C24H31N3O3. The number of nitrogens with one attached hydrogen (secondary N) is 2. The van der Waals surface area contributed by atoms with Crippen molar-refractivity contribution in [2.24, 2.45) is 23.2 Å². The van der Waals surface area contributed by atoms with E-state index in [-0.39, 0.29) is 23.1 Å². The van der Waals surface area contributed by atoms with Gasteiger partial charge >= 0.3 is 0 Å². The Bertz CT molecular complexity index is 953. The van der Waals surface area contributed by atoms with E-state index in [2.05, 4.69) is 22.8 Å². The van der Waals surface area contributed by atoms with Gasteiger partial charge in [-0.05, 0) is 55.3 Å². The van der Waals surface area contributed by atoms with Crippen LogP contribution in [-0.2, 0) is 0 Å². The summed E-state index contributed by atoms with van der Waals surface area (Å²) in [5, 5.41) is 5.57. The van der Waals surface area contributed by atoms with Gasteiger partial charge in [-0.1, -0.05) is 31.4 Å². The van der Waals surface area contributed by atoms with E-state index in [0.717, 1.165) is 32.1 Å². The largest absolute Gasteiger partial charge is 0.355 e. The maximum absolute atomic E-state index is 13.0. The minimum atomic E-state index is -0.481. The molecule has 2 bridgehead atoms. The number of amides is 2. The zero-order valence-electron chi connectivity index (χ0n) is 17.7. The highest BCUT2D eigenvalue weighted by atomic mass is 16.2. The lowest BCUT2D eigenvalue weighted by Gasteiger charge is -2.26. The van der Waals surface area contributed by atoms with Gasteiger partial charge in [0.1, 0.15) is 11.1 Å². The third-order valence-electron chi connectivity index (χ3n) is 8.13. The summed E-state index contributed by atoms with van der Waals surface area (Å²) >= 11 is 0. The Hall–Kier alpha value is -2.37. The average molecular weight is 410 g/mol. The maximum atomic E-state index is 13.0. The van der Waals surface area contributed by atoms with Crippen molar-refractivity contribution in [3.8, 4) is 0 Å². The molecule has 0 aromatic carbocycles. The van der Waals surface area contributed by atoms with Gasteiger partial charge in [-0.3, -0.25) is 14.4 Å². The molecule has 3 atom stereocenters. The molecule has 2 amide bonds. The number of pyridine rings is 1. The molecular weight excluding hydrogens is 378 g/mol. The Morgan fingerprint density at radius 2 is 1.77 bits per heavy atom. The fourth-order valence-electron chi connectivity index (χ4n) is 6.32. The van der Waals surface area contributed by atoms with E-state index in [9.17, 15) is 14.4 Å². The van der Waals surface area contributed by atoms with Crippen LogP contribution in [0.5, 0.6) is 0 Å². The van der Waals surface area contributed by atoms with Gasteiger partial charge in [0, 0.05) is 32.0 Å². The second kappa shape index (κ2) is 7.40. The first-order chi connectivity index (χ1) is 14.5. The van der Waals surface area contributed by atoms with Crippen molar-refractivity contribution in [3.05, 3.63) is 45.9 Å². The lowest BCUT2D eigenvalue weighted by molar-refractivity contribution is 0.0941. The molecule has 4 aliphatic carbocycles. The fourth-order valence-corrected chi connectivity index (χ4v) is 6.32. The Labute approximate surface area is 177 Å². The molecule has 3 saturated carbocycles. The van der Waals surface area contributed by atoms with Crippen LogP contribution in [-0.4, -0.2) is 30.0 Å². The predicted molar refractivity (Wildman–Crippen MR) is 114 cm³/mol. The first-order valence-corrected chi connectivity index (χ1v) is 11.5. The predicted octanol–water partition coefficient (Wildman–Crippen LogP) is 3.05. The molecule has 5 rings (SSSR count). The van der Waals surface area contributed by atoms with E-state index < -0.39 is 11.3 Å². The molecule has 6 nitrogen and oxygen atoms in total. The summed E-state index contributed by atoms with van der Waals surface area (Å²) in [5.74, 6) is 0.901. The summed E-state index contributed by atoms with van der Waals surface area (Å²) in [7, 11) is 1.51. The first kappa shape index (κ1) is 19.6. The molecule has 1 heterocycles. The van der Waals surface area contributed by atoms with Crippen LogP contribution in [0.1, 0.15) is 78.1 Å². The molecule has 1 aromatic heterocycles. The zero-order chi connectivity index (χ0) is 20.9. The number of carbonyl (C=O) groups is 2. The van der Waals surface area contributed by atoms with E-state index in [0.29, 0.717) is 29.7 Å². The van der Waals surface area contributed by atoms with Crippen LogP contribution in [0.15, 0.2) is 29.3 Å². The molecule has 0 radical (unpaired) electrons. The van der Waals surface area contributed by atoms with Crippen LogP contribution < -0.4 is 16.1 Å². The molecule has 0 aliphatic heterocycles. The monoisotopic (exact) mass is 409 g/mol. The number of rotatable bonds is 5. The van der Waals surface area contributed by atoms with Crippen molar-refractivity contribution < 1.29 is 9.59 Å². The summed E-state index contributed by atoms with van der Waals surface area (Å²) in [6.45, 7) is 0.596. The summed E-state index contributed by atoms with van der Waals surface area (Å²) < 4.78 is 1.93. The van der Waals surface area contributed by atoms with Gasteiger partial charge < -0.3 is 15.2 Å². The standard InChI is InChI=1S/C24H31N3O3/c1-25-22(29)18-13-27(17-5-3-2-4-6-17)14-19(21(18)28)23(30)26-12-15-11-16-7-8-20(15)24(16)9-10-24/h7-8,13-17,20H,2-6,9-12H2,1H3,(H,25,29)(H,26,30)/t15-,16-,20-/m1/s1. The average Bonchev–Trinajstić information content (AvgIpc) is 3.45. The van der Waals surface area contributed by atoms with E-state index in [1.165, 1.54) is 26.3 Å². The molecule has 0 saturated heterocycles. The minimum absolute atomic E-state index is 0.0514. The summed E-state index contributed by atoms with van der Waals surface area (Å²) in [6.07, 6.45) is 17.3. The van der Waals surface area contributed by atoms with Crippen LogP contribution in [0, 0.1) is 23.2 Å². The lowest BCUT2D eigenvalue weighted by Crippen LogP contribution is -2.37. The van der Waals surface area contributed by atoms with E-state index >= 15 is 0 Å². The number of hydrogen-bond donors (Lipinski definition) is 2. The van der Waals surface area contributed by atoms with Crippen LogP contribution in [0.4, 0.5) is 0 Å². The maximum Gasteiger partial charge on any atom is 0.256 e. The van der Waals surface area contributed by atoms with Crippen molar-refractivity contribution in [1.82, 2.24) is 15.2 Å². The molecule has 1 spiro atoms. The Morgan fingerprint density at radius 3 is 2.40 bits per heavy atom. The van der Waals surface area contributed by atoms with Gasteiger partial charge in [-0.2, -0.15) is 0 Å². The van der Waals surface area contributed by atoms with Crippen molar-refractivity contribution >= 4 is 11.8 Å². The van der Waals surface area contributed by atoms with Gasteiger partial charge in [0.15, 0.2) is 0 Å². The quantitative estimate of drug-likeness (QED) is 0.734. The molecule has 2 N–H and O–H groups in total. The number of allylic oxidation sites excluding steroid dienone is 2. The Balaban J connectivity index is 1.37. The molecule has 3 fully saturated rings. The van der Waals surface area contributed by atoms with E-state index in [1.807, 2.05) is 4.57 Å². The summed E-state index contributed by atoms with van der Waals surface area (Å²) in [4.78, 5) is 38.3. The minimum Gasteiger partial charge on any atom is -0.355 e. The molecule has 6 heteroatoms. The van der Waals surface area contributed by atoms with Gasteiger partial charge in [0.05, 0.1) is 0 Å². The van der Waals surface area contributed by atoms with Crippen molar-refractivity contribution in [2.45, 2.75) is 57.4 Å². The van der Waals surface area contributed by atoms with Crippen LogP contribution in [0.25, 0.3) is 0 Å². The molecule has 4 aliphatic rings. The third-order valence-corrected chi connectivity index (χ3v) is 8.13. The fraction of sp³-hybridized carbons (Fsp3) is 0.625. The van der Waals surface area contributed by atoms with E-state index in [4.69, 9.17) is 0 Å². The lowest BCUT2D eigenvalue weighted by atomic mass is 9.89. The second-order valence-electron chi connectivity index (χ2n) is 9.69. The normalized spacial score (nSPS) is 28.6. The first-order valence-electron chi connectivity index (χ1n) is 11.5. The molecule has 0 unspecified atom stereocenters. The second-order valence-corrected chi connectivity index (χ2v) is 9.69. The molecule has 30 heavy (non-hydrogen) atoms. The third kappa shape index (κ3) is 3.12. The summed E-state index contributed by atoms with van der Waals surface area (Å²) in [6, 6.07) is 0.236. The zero-order valence-corrected chi connectivity index (χ0v) is 17.7. The van der Waals surface area contributed by atoms with Crippen LogP contribution >= 0.6 is 0 Å². The topological polar surface area (TPSA) is 80.2 Å².